The average Bonchev–Trinajstić information content (AvgIpc) is 2.42. The second-order valence-electron chi connectivity index (χ2n) is 3.68. The third-order valence-electron chi connectivity index (χ3n) is 2.42. The van der Waals surface area contributed by atoms with Crippen molar-refractivity contribution in [3.63, 3.8) is 0 Å². The number of hydrogen-bond acceptors (Lipinski definition) is 3. The molecule has 0 saturated heterocycles. The topological polar surface area (TPSA) is 41.5 Å². The molecule has 94 valence electrons. The predicted molar refractivity (Wildman–Crippen MR) is 75.5 cm³/mol. The van der Waals surface area contributed by atoms with E-state index in [1.165, 1.54) is 18.2 Å². The summed E-state index contributed by atoms with van der Waals surface area (Å²) in [7, 11) is 0. The fourth-order valence-corrected chi connectivity index (χ4v) is 1.62. The Morgan fingerprint density at radius 2 is 1.84 bits per heavy atom. The Labute approximate surface area is 114 Å². The first-order chi connectivity index (χ1) is 9.20. The van der Waals surface area contributed by atoms with Gasteiger partial charge in [0.25, 0.3) is 5.91 Å². The van der Waals surface area contributed by atoms with Gasteiger partial charge >= 0.3 is 0 Å². The minimum atomic E-state index is -0.554. The van der Waals surface area contributed by atoms with Gasteiger partial charge in [0.2, 0.25) is 0 Å². The third-order valence-corrected chi connectivity index (χ3v) is 2.51. The highest BCUT2D eigenvalue weighted by Crippen LogP contribution is 2.17. The number of aliphatic imine (C=N–C) groups is 1. The van der Waals surface area contributed by atoms with Crippen LogP contribution in [0.3, 0.4) is 0 Å². The highest BCUT2D eigenvalue weighted by molar-refractivity contribution is 7.78. The summed E-state index contributed by atoms with van der Waals surface area (Å²) in [6.45, 7) is 0. The molecular weight excluding hydrogens is 263 g/mol. The number of rotatable bonds is 3. The number of thiocarbonyl (C=S) groups is 1. The summed E-state index contributed by atoms with van der Waals surface area (Å²) in [5, 5.41) is 4.85. The SMILES string of the molecule is O=C(Nc1ccc(N=C=S)cc1)c1ccccc1F. The average molecular weight is 272 g/mol. The third kappa shape index (κ3) is 3.31. The van der Waals surface area contributed by atoms with Crippen molar-refractivity contribution in [1.82, 2.24) is 0 Å². The fourth-order valence-electron chi connectivity index (χ4n) is 1.52. The highest BCUT2D eigenvalue weighted by atomic mass is 32.1. The van der Waals surface area contributed by atoms with Crippen LogP contribution in [0.1, 0.15) is 10.4 Å². The molecule has 1 amide bonds. The van der Waals surface area contributed by atoms with Crippen LogP contribution in [0.4, 0.5) is 15.8 Å². The summed E-state index contributed by atoms with van der Waals surface area (Å²) in [6.07, 6.45) is 0. The number of isothiocyanates is 1. The molecule has 0 aliphatic carbocycles. The van der Waals surface area contributed by atoms with Crippen molar-refractivity contribution in [2.24, 2.45) is 4.99 Å². The molecule has 19 heavy (non-hydrogen) atoms. The normalized spacial score (nSPS) is 9.53. The quantitative estimate of drug-likeness (QED) is 0.682. The molecule has 3 nitrogen and oxygen atoms in total. The van der Waals surface area contributed by atoms with Gasteiger partial charge in [0.15, 0.2) is 0 Å². The standard InChI is InChI=1S/C14H9FN2OS/c15-13-4-2-1-3-12(13)14(18)17-11-7-5-10(6-8-11)16-9-19/h1-8H,(H,17,18). The van der Waals surface area contributed by atoms with E-state index in [1.54, 1.807) is 30.3 Å². The Morgan fingerprint density at radius 3 is 2.47 bits per heavy atom. The van der Waals surface area contributed by atoms with Crippen molar-refractivity contribution in [3.05, 3.63) is 59.9 Å². The van der Waals surface area contributed by atoms with E-state index < -0.39 is 11.7 Å². The molecule has 2 rings (SSSR count). The Balaban J connectivity index is 2.15. The number of carbonyl (C=O) groups is 1. The smallest absolute Gasteiger partial charge is 0.258 e. The lowest BCUT2D eigenvalue weighted by molar-refractivity contribution is 0.102. The highest BCUT2D eigenvalue weighted by Gasteiger charge is 2.10. The van der Waals surface area contributed by atoms with Gasteiger partial charge in [-0.1, -0.05) is 12.1 Å². The zero-order valence-corrected chi connectivity index (χ0v) is 10.6. The largest absolute Gasteiger partial charge is 0.322 e. The molecule has 0 atom stereocenters. The summed E-state index contributed by atoms with van der Waals surface area (Å²) in [5.41, 5.74) is 1.19. The van der Waals surface area contributed by atoms with Crippen molar-refractivity contribution in [1.29, 1.82) is 0 Å². The summed E-state index contributed by atoms with van der Waals surface area (Å²) in [6, 6.07) is 12.5. The van der Waals surface area contributed by atoms with Crippen molar-refractivity contribution < 1.29 is 9.18 Å². The van der Waals surface area contributed by atoms with Gasteiger partial charge in [-0.25, -0.2) is 4.39 Å². The van der Waals surface area contributed by atoms with Crippen molar-refractivity contribution >= 4 is 34.7 Å². The van der Waals surface area contributed by atoms with Crippen LogP contribution in [-0.4, -0.2) is 11.1 Å². The lowest BCUT2D eigenvalue weighted by Crippen LogP contribution is -2.13. The van der Waals surface area contributed by atoms with Crippen LogP contribution >= 0.6 is 12.2 Å². The minimum Gasteiger partial charge on any atom is -0.322 e. The summed E-state index contributed by atoms with van der Waals surface area (Å²) in [4.78, 5) is 15.6. The first kappa shape index (κ1) is 13.1. The maximum Gasteiger partial charge on any atom is 0.258 e. The van der Waals surface area contributed by atoms with Crippen LogP contribution < -0.4 is 5.32 Å². The van der Waals surface area contributed by atoms with Gasteiger partial charge in [0.1, 0.15) is 5.82 Å². The molecular formula is C14H9FN2OS. The number of nitrogens with zero attached hydrogens (tertiary/aromatic N) is 1. The van der Waals surface area contributed by atoms with Crippen LogP contribution in [-0.2, 0) is 0 Å². The van der Waals surface area contributed by atoms with Gasteiger partial charge in [-0.05, 0) is 48.6 Å². The Bertz CT molecular complexity index is 649. The summed E-state index contributed by atoms with van der Waals surface area (Å²) >= 11 is 4.49. The van der Waals surface area contributed by atoms with E-state index in [1.807, 2.05) is 0 Å². The number of carbonyl (C=O) groups excluding carboxylic acids is 1. The molecule has 0 unspecified atom stereocenters. The Morgan fingerprint density at radius 1 is 1.16 bits per heavy atom. The van der Waals surface area contributed by atoms with Crippen LogP contribution in [0.2, 0.25) is 0 Å². The van der Waals surface area contributed by atoms with Gasteiger partial charge in [-0.3, -0.25) is 4.79 Å². The molecule has 0 aliphatic heterocycles. The van der Waals surface area contributed by atoms with E-state index in [0.717, 1.165) is 0 Å². The van der Waals surface area contributed by atoms with E-state index >= 15 is 0 Å². The molecule has 0 bridgehead atoms. The van der Waals surface area contributed by atoms with Crippen molar-refractivity contribution in [2.75, 3.05) is 5.32 Å². The maximum absolute atomic E-state index is 13.4. The molecule has 0 heterocycles. The first-order valence-corrected chi connectivity index (χ1v) is 5.85. The number of halogens is 1. The van der Waals surface area contributed by atoms with Gasteiger partial charge < -0.3 is 5.32 Å². The molecule has 2 aromatic rings. The molecule has 0 aromatic heterocycles. The molecule has 0 spiro atoms. The first-order valence-electron chi connectivity index (χ1n) is 5.44. The van der Waals surface area contributed by atoms with E-state index in [9.17, 15) is 9.18 Å². The van der Waals surface area contributed by atoms with E-state index in [0.29, 0.717) is 11.4 Å². The van der Waals surface area contributed by atoms with Gasteiger partial charge in [-0.15, -0.1) is 0 Å². The lowest BCUT2D eigenvalue weighted by Gasteiger charge is -2.05. The number of anilines is 1. The van der Waals surface area contributed by atoms with E-state index in [2.05, 4.69) is 27.7 Å². The van der Waals surface area contributed by atoms with Crippen LogP contribution in [0, 0.1) is 5.82 Å². The second-order valence-corrected chi connectivity index (χ2v) is 3.87. The number of benzene rings is 2. The minimum absolute atomic E-state index is 0.00323. The Hall–Kier alpha value is -2.36. The molecule has 0 aliphatic rings. The summed E-state index contributed by atoms with van der Waals surface area (Å²) in [5.74, 6) is -1.05. The van der Waals surface area contributed by atoms with Gasteiger partial charge in [0.05, 0.1) is 16.4 Å². The molecule has 5 heteroatoms. The van der Waals surface area contributed by atoms with Crippen LogP contribution in [0.5, 0.6) is 0 Å². The monoisotopic (exact) mass is 272 g/mol. The van der Waals surface area contributed by atoms with Crippen molar-refractivity contribution in [2.45, 2.75) is 0 Å². The van der Waals surface area contributed by atoms with E-state index in [-0.39, 0.29) is 5.56 Å². The zero-order valence-electron chi connectivity index (χ0n) is 9.76. The lowest BCUT2D eigenvalue weighted by atomic mass is 10.2. The fraction of sp³-hybridized carbons (Fsp3) is 0. The van der Waals surface area contributed by atoms with E-state index in [4.69, 9.17) is 0 Å². The number of amides is 1. The molecule has 0 saturated carbocycles. The molecule has 0 fully saturated rings. The zero-order chi connectivity index (χ0) is 13.7. The Kier molecular flexibility index (Phi) is 4.13. The van der Waals surface area contributed by atoms with Crippen LogP contribution in [0.15, 0.2) is 53.5 Å². The number of hydrogen-bond donors (Lipinski definition) is 1. The molecule has 0 radical (unpaired) electrons. The summed E-state index contributed by atoms with van der Waals surface area (Å²) < 4.78 is 13.4. The maximum atomic E-state index is 13.4. The van der Waals surface area contributed by atoms with Crippen LogP contribution in [0.25, 0.3) is 0 Å². The number of nitrogens with one attached hydrogen (secondary N) is 1. The van der Waals surface area contributed by atoms with Crippen molar-refractivity contribution in [3.8, 4) is 0 Å². The van der Waals surface area contributed by atoms with Gasteiger partial charge in [0, 0.05) is 5.69 Å². The van der Waals surface area contributed by atoms with Gasteiger partial charge in [-0.2, -0.15) is 4.99 Å². The predicted octanol–water partition coefficient (Wildman–Crippen LogP) is 3.81. The second kappa shape index (κ2) is 6.00. The molecule has 2 aromatic carbocycles. The molecule has 1 N–H and O–H groups in total.